The molecule has 2 heterocycles. The number of aliphatic hydroxyl groups is 3. The molecule has 9 heteroatoms. The van der Waals surface area contributed by atoms with Crippen LogP contribution in [0.25, 0.3) is 0 Å². The molecule has 0 aliphatic carbocycles. The fraction of sp³-hybridized carbons (Fsp3) is 0.636. The quantitative estimate of drug-likeness (QED) is 0.480. The van der Waals surface area contributed by atoms with Crippen LogP contribution in [0.3, 0.4) is 0 Å². The molecule has 1 aromatic rings. The van der Waals surface area contributed by atoms with Crippen LogP contribution in [0, 0.1) is 0 Å². The van der Waals surface area contributed by atoms with E-state index in [4.69, 9.17) is 20.3 Å². The summed E-state index contributed by atoms with van der Waals surface area (Å²) in [5.41, 5.74) is 5.32. The van der Waals surface area contributed by atoms with Crippen LogP contribution in [0.5, 0.6) is 0 Å². The lowest BCUT2D eigenvalue weighted by Gasteiger charge is -2.18. The minimum absolute atomic E-state index is 0.0276. The van der Waals surface area contributed by atoms with Gasteiger partial charge in [-0.2, -0.15) is 4.98 Å². The predicted molar refractivity (Wildman–Crippen MR) is 66.6 cm³/mol. The average molecular weight is 287 g/mol. The van der Waals surface area contributed by atoms with Gasteiger partial charge >= 0.3 is 5.69 Å². The summed E-state index contributed by atoms with van der Waals surface area (Å²) in [5, 5.41) is 28.6. The highest BCUT2D eigenvalue weighted by molar-refractivity contribution is 5.36. The average Bonchev–Trinajstić information content (AvgIpc) is 2.70. The Balaban J connectivity index is 2.38. The van der Waals surface area contributed by atoms with Gasteiger partial charge in [0.1, 0.15) is 24.1 Å². The number of anilines is 1. The van der Waals surface area contributed by atoms with E-state index in [2.05, 4.69) is 4.98 Å². The normalized spacial score (nSPS) is 29.8. The first-order chi connectivity index (χ1) is 9.49. The van der Waals surface area contributed by atoms with E-state index >= 15 is 0 Å². The van der Waals surface area contributed by atoms with E-state index < -0.39 is 36.8 Å². The van der Waals surface area contributed by atoms with Gasteiger partial charge in [-0.25, -0.2) is 4.79 Å². The summed E-state index contributed by atoms with van der Waals surface area (Å²) in [6.45, 7) is -0.343. The van der Waals surface area contributed by atoms with Crippen LogP contribution in [0.1, 0.15) is 11.8 Å². The third kappa shape index (κ3) is 2.53. The van der Waals surface area contributed by atoms with Gasteiger partial charge in [-0.05, 0) is 0 Å². The Kier molecular flexibility index (Phi) is 4.35. The molecule has 0 spiro atoms. The van der Waals surface area contributed by atoms with Gasteiger partial charge in [0.2, 0.25) is 0 Å². The summed E-state index contributed by atoms with van der Waals surface area (Å²) in [5.74, 6) is 0.0276. The fourth-order valence-corrected chi connectivity index (χ4v) is 2.08. The molecular weight excluding hydrogens is 270 g/mol. The van der Waals surface area contributed by atoms with E-state index in [1.807, 2.05) is 0 Å². The van der Waals surface area contributed by atoms with Crippen molar-refractivity contribution in [2.24, 2.45) is 0 Å². The molecule has 0 radical (unpaired) electrons. The minimum Gasteiger partial charge on any atom is -0.394 e. The molecule has 0 saturated carbocycles. The number of rotatable bonds is 4. The lowest BCUT2D eigenvalue weighted by molar-refractivity contribution is -0.0551. The summed E-state index contributed by atoms with van der Waals surface area (Å²) in [6, 6.07) is 0. The number of ether oxygens (including phenoxy) is 2. The Morgan fingerprint density at radius 2 is 2.20 bits per heavy atom. The zero-order chi connectivity index (χ0) is 14.9. The molecule has 9 nitrogen and oxygen atoms in total. The number of aliphatic hydroxyl groups excluding tert-OH is 3. The Morgan fingerprint density at radius 3 is 2.75 bits per heavy atom. The van der Waals surface area contributed by atoms with Crippen molar-refractivity contribution in [2.75, 3.05) is 19.5 Å². The van der Waals surface area contributed by atoms with Gasteiger partial charge in [0.15, 0.2) is 6.23 Å². The van der Waals surface area contributed by atoms with Crippen LogP contribution in [0.4, 0.5) is 5.82 Å². The van der Waals surface area contributed by atoms with Crippen molar-refractivity contribution < 1.29 is 24.8 Å². The SMILES string of the molecule is COCc1cn([C@@H]2O[C@H](CO)[C@@H](O)[C@@H]2O)c(=O)nc1N. The zero-order valence-corrected chi connectivity index (χ0v) is 10.8. The Bertz CT molecular complexity index is 533. The van der Waals surface area contributed by atoms with Crippen LogP contribution in [0.2, 0.25) is 0 Å². The maximum atomic E-state index is 11.8. The summed E-state index contributed by atoms with van der Waals surface area (Å²) < 4.78 is 11.2. The smallest absolute Gasteiger partial charge is 0.351 e. The van der Waals surface area contributed by atoms with E-state index in [0.717, 1.165) is 4.57 Å². The summed E-state index contributed by atoms with van der Waals surface area (Å²) in [4.78, 5) is 15.4. The lowest BCUT2D eigenvalue weighted by atomic mass is 10.1. The minimum atomic E-state index is -1.36. The van der Waals surface area contributed by atoms with E-state index in [1.165, 1.54) is 13.3 Å². The fourth-order valence-electron chi connectivity index (χ4n) is 2.08. The zero-order valence-electron chi connectivity index (χ0n) is 10.8. The number of nitrogen functional groups attached to an aromatic ring is 1. The molecule has 1 fully saturated rings. The third-order valence-electron chi connectivity index (χ3n) is 3.15. The van der Waals surface area contributed by atoms with E-state index in [9.17, 15) is 15.0 Å². The highest BCUT2D eigenvalue weighted by atomic mass is 16.6. The summed E-state index contributed by atoms with van der Waals surface area (Å²) in [7, 11) is 1.46. The van der Waals surface area contributed by atoms with Gasteiger partial charge in [0.05, 0.1) is 13.2 Å². The Morgan fingerprint density at radius 1 is 1.50 bits per heavy atom. The number of nitrogens with two attached hydrogens (primary N) is 1. The highest BCUT2D eigenvalue weighted by Gasteiger charge is 2.43. The molecule has 1 aliphatic heterocycles. The number of methoxy groups -OCH3 is 1. The van der Waals surface area contributed by atoms with Crippen molar-refractivity contribution in [2.45, 2.75) is 31.1 Å². The van der Waals surface area contributed by atoms with Crippen molar-refractivity contribution in [1.29, 1.82) is 0 Å². The second-order valence-corrected chi connectivity index (χ2v) is 4.50. The van der Waals surface area contributed by atoms with Crippen molar-refractivity contribution in [3.8, 4) is 0 Å². The maximum absolute atomic E-state index is 11.8. The largest absolute Gasteiger partial charge is 0.394 e. The molecule has 2 rings (SSSR count). The molecule has 1 aliphatic rings. The molecule has 0 bridgehead atoms. The molecule has 20 heavy (non-hydrogen) atoms. The van der Waals surface area contributed by atoms with Crippen molar-refractivity contribution in [3.63, 3.8) is 0 Å². The molecule has 1 saturated heterocycles. The second kappa shape index (κ2) is 5.85. The van der Waals surface area contributed by atoms with Crippen LogP contribution in [0.15, 0.2) is 11.0 Å². The molecular formula is C11H17N3O6. The van der Waals surface area contributed by atoms with Crippen LogP contribution >= 0.6 is 0 Å². The molecule has 0 amide bonds. The van der Waals surface area contributed by atoms with Gasteiger partial charge in [-0.1, -0.05) is 0 Å². The van der Waals surface area contributed by atoms with E-state index in [1.54, 1.807) is 0 Å². The number of aromatic nitrogens is 2. The Hall–Kier alpha value is -1.52. The van der Waals surface area contributed by atoms with Crippen molar-refractivity contribution in [1.82, 2.24) is 9.55 Å². The van der Waals surface area contributed by atoms with Crippen molar-refractivity contribution in [3.05, 3.63) is 22.2 Å². The topological polar surface area (TPSA) is 140 Å². The molecule has 1 aromatic heterocycles. The van der Waals surface area contributed by atoms with Crippen LogP contribution in [-0.2, 0) is 16.1 Å². The monoisotopic (exact) mass is 287 g/mol. The van der Waals surface area contributed by atoms with Gasteiger partial charge in [0, 0.05) is 18.9 Å². The predicted octanol–water partition coefficient (Wildman–Crippen LogP) is -2.42. The van der Waals surface area contributed by atoms with Gasteiger partial charge in [-0.15, -0.1) is 0 Å². The standard InChI is InChI=1S/C11H17N3O6/c1-19-4-5-2-14(11(18)13-9(5)12)10-8(17)7(16)6(3-15)20-10/h2,6-8,10,15-17H,3-4H2,1H3,(H2,12,13,18)/t6-,7-,8+,10-/m1/s1. The van der Waals surface area contributed by atoms with Gasteiger partial charge in [-0.3, -0.25) is 4.57 Å². The molecule has 0 aromatic carbocycles. The first-order valence-corrected chi connectivity index (χ1v) is 5.98. The molecule has 0 unspecified atom stereocenters. The maximum Gasteiger partial charge on any atom is 0.351 e. The summed E-state index contributed by atoms with van der Waals surface area (Å²) >= 11 is 0. The molecule has 5 N–H and O–H groups in total. The van der Waals surface area contributed by atoms with Crippen LogP contribution < -0.4 is 11.4 Å². The first kappa shape index (κ1) is 14.9. The van der Waals surface area contributed by atoms with Crippen molar-refractivity contribution >= 4 is 5.82 Å². The summed E-state index contributed by atoms with van der Waals surface area (Å²) in [6.07, 6.45) is -3.40. The Labute approximate surface area is 114 Å². The molecule has 112 valence electrons. The highest BCUT2D eigenvalue weighted by Crippen LogP contribution is 2.28. The lowest BCUT2D eigenvalue weighted by Crippen LogP contribution is -2.36. The van der Waals surface area contributed by atoms with Gasteiger partial charge < -0.3 is 30.5 Å². The number of hydrogen-bond acceptors (Lipinski definition) is 8. The number of hydrogen-bond donors (Lipinski definition) is 4. The number of nitrogens with zero attached hydrogens (tertiary/aromatic N) is 2. The van der Waals surface area contributed by atoms with E-state index in [-0.39, 0.29) is 12.4 Å². The second-order valence-electron chi connectivity index (χ2n) is 4.50. The van der Waals surface area contributed by atoms with Crippen LogP contribution in [-0.4, -0.2) is 56.9 Å². The first-order valence-electron chi connectivity index (χ1n) is 5.98. The molecule has 4 atom stereocenters. The van der Waals surface area contributed by atoms with Gasteiger partial charge in [0.25, 0.3) is 0 Å². The third-order valence-corrected chi connectivity index (χ3v) is 3.15. The van der Waals surface area contributed by atoms with E-state index in [0.29, 0.717) is 5.56 Å².